The third-order valence-corrected chi connectivity index (χ3v) is 7.87. The number of nitrogens with zero attached hydrogens (tertiary/aromatic N) is 1. The Hall–Kier alpha value is -2.25. The number of nitrogens with one attached hydrogen (secondary N) is 1. The number of halogens is 1. The smallest absolute Gasteiger partial charge is 0.223 e. The predicted molar refractivity (Wildman–Crippen MR) is 120 cm³/mol. The van der Waals surface area contributed by atoms with Crippen molar-refractivity contribution in [1.29, 1.82) is 0 Å². The first kappa shape index (κ1) is 23.4. The average molecular weight is 447 g/mol. The summed E-state index contributed by atoms with van der Waals surface area (Å²) in [5.41, 5.74) is 3.63. The van der Waals surface area contributed by atoms with Crippen molar-refractivity contribution in [2.75, 3.05) is 13.1 Å². The molecular weight excluding hydrogens is 415 g/mol. The minimum absolute atomic E-state index is 0.0297. The minimum Gasteiger partial charge on any atom is -0.349 e. The molecule has 1 aliphatic heterocycles. The van der Waals surface area contributed by atoms with Gasteiger partial charge in [0.05, 0.1) is 11.8 Å². The Labute approximate surface area is 184 Å². The van der Waals surface area contributed by atoms with Crippen LogP contribution in [-0.2, 0) is 20.6 Å². The molecule has 2 aromatic rings. The number of carbonyl (C=O) groups excluding carboxylic acids is 1. The van der Waals surface area contributed by atoms with Crippen LogP contribution >= 0.6 is 0 Å². The van der Waals surface area contributed by atoms with Gasteiger partial charge in [-0.25, -0.2) is 17.1 Å². The van der Waals surface area contributed by atoms with E-state index in [1.807, 2.05) is 13.8 Å². The average Bonchev–Trinajstić information content (AvgIpc) is 2.74. The molecule has 1 atom stereocenters. The number of amides is 1. The zero-order valence-corrected chi connectivity index (χ0v) is 19.2. The van der Waals surface area contributed by atoms with Gasteiger partial charge in [-0.05, 0) is 50.3 Å². The summed E-state index contributed by atoms with van der Waals surface area (Å²) in [5.74, 6) is -1.13. The van der Waals surface area contributed by atoms with Gasteiger partial charge in [0, 0.05) is 24.6 Å². The highest BCUT2D eigenvalue weighted by Gasteiger charge is 2.32. The Morgan fingerprint density at radius 3 is 2.45 bits per heavy atom. The van der Waals surface area contributed by atoms with Gasteiger partial charge in [0.15, 0.2) is 0 Å². The van der Waals surface area contributed by atoms with E-state index in [4.69, 9.17) is 0 Å². The van der Waals surface area contributed by atoms with Gasteiger partial charge in [-0.3, -0.25) is 4.79 Å². The van der Waals surface area contributed by atoms with E-state index in [0.29, 0.717) is 12.8 Å². The van der Waals surface area contributed by atoms with Gasteiger partial charge >= 0.3 is 0 Å². The lowest BCUT2D eigenvalue weighted by molar-refractivity contribution is -0.126. The highest BCUT2D eigenvalue weighted by Crippen LogP contribution is 2.26. The molecule has 0 spiro atoms. The van der Waals surface area contributed by atoms with Gasteiger partial charge in [0.1, 0.15) is 5.82 Å². The van der Waals surface area contributed by atoms with Crippen molar-refractivity contribution in [3.63, 3.8) is 0 Å². The van der Waals surface area contributed by atoms with E-state index in [-0.39, 0.29) is 42.3 Å². The number of rotatable bonds is 7. The predicted octanol–water partition coefficient (Wildman–Crippen LogP) is 4.25. The Bertz CT molecular complexity index is 1030. The summed E-state index contributed by atoms with van der Waals surface area (Å²) < 4.78 is 40.7. The van der Waals surface area contributed by atoms with Crippen LogP contribution in [0.5, 0.6) is 0 Å². The van der Waals surface area contributed by atoms with Crippen LogP contribution in [0.15, 0.2) is 42.5 Å². The first-order valence-electron chi connectivity index (χ1n) is 10.8. The largest absolute Gasteiger partial charge is 0.349 e. The summed E-state index contributed by atoms with van der Waals surface area (Å²) in [4.78, 5) is 12.9. The molecule has 1 unspecified atom stereocenters. The van der Waals surface area contributed by atoms with E-state index < -0.39 is 15.8 Å². The Kier molecular flexibility index (Phi) is 7.49. The van der Waals surface area contributed by atoms with E-state index in [1.54, 1.807) is 6.07 Å². The topological polar surface area (TPSA) is 66.5 Å². The third-order valence-electron chi connectivity index (χ3n) is 6.04. The van der Waals surface area contributed by atoms with Crippen LogP contribution in [0, 0.1) is 25.6 Å². The molecule has 0 aliphatic carbocycles. The molecule has 5 nitrogen and oxygen atoms in total. The third kappa shape index (κ3) is 5.71. The van der Waals surface area contributed by atoms with Crippen molar-refractivity contribution in [3.05, 3.63) is 70.5 Å². The van der Waals surface area contributed by atoms with Gasteiger partial charge in [-0.15, -0.1) is 0 Å². The van der Waals surface area contributed by atoms with E-state index >= 15 is 0 Å². The lowest BCUT2D eigenvalue weighted by Gasteiger charge is -2.31. The van der Waals surface area contributed by atoms with Crippen LogP contribution in [-0.4, -0.2) is 31.7 Å². The van der Waals surface area contributed by atoms with Crippen molar-refractivity contribution in [3.8, 4) is 0 Å². The molecule has 3 rings (SSSR count). The maximum atomic E-state index is 13.9. The molecule has 0 radical (unpaired) electrons. The lowest BCUT2D eigenvalue weighted by atomic mass is 9.94. The summed E-state index contributed by atoms with van der Waals surface area (Å²) in [5, 5.41) is 3.16. The fourth-order valence-electron chi connectivity index (χ4n) is 4.21. The van der Waals surface area contributed by atoms with Crippen molar-refractivity contribution in [2.24, 2.45) is 5.92 Å². The first-order valence-corrected chi connectivity index (χ1v) is 12.4. The fourth-order valence-corrected chi connectivity index (χ4v) is 5.78. The van der Waals surface area contributed by atoms with E-state index in [2.05, 4.69) is 30.4 Å². The van der Waals surface area contributed by atoms with Crippen LogP contribution in [0.1, 0.15) is 54.5 Å². The molecule has 0 bridgehead atoms. The van der Waals surface area contributed by atoms with Crippen LogP contribution < -0.4 is 5.32 Å². The molecule has 2 aromatic carbocycles. The number of piperidine rings is 1. The maximum absolute atomic E-state index is 13.9. The molecular formula is C24H31FN2O3S. The lowest BCUT2D eigenvalue weighted by Crippen LogP contribution is -2.44. The van der Waals surface area contributed by atoms with E-state index in [9.17, 15) is 17.6 Å². The number of hydrogen-bond acceptors (Lipinski definition) is 3. The summed E-state index contributed by atoms with van der Waals surface area (Å²) in [6.45, 7) is 6.69. The maximum Gasteiger partial charge on any atom is 0.223 e. The summed E-state index contributed by atoms with van der Waals surface area (Å²) in [6.07, 6.45) is 1.71. The second-order valence-corrected chi connectivity index (χ2v) is 10.3. The normalized spacial score (nSPS) is 16.8. The second-order valence-electron chi connectivity index (χ2n) is 8.35. The monoisotopic (exact) mass is 446 g/mol. The highest BCUT2D eigenvalue weighted by molar-refractivity contribution is 7.88. The molecule has 1 aliphatic rings. The van der Waals surface area contributed by atoms with Crippen molar-refractivity contribution in [2.45, 2.75) is 51.8 Å². The number of hydrogen-bond donors (Lipinski definition) is 1. The van der Waals surface area contributed by atoms with Gasteiger partial charge < -0.3 is 5.32 Å². The molecule has 0 aromatic heterocycles. The second kappa shape index (κ2) is 9.92. The van der Waals surface area contributed by atoms with E-state index in [1.165, 1.54) is 28.1 Å². The zero-order chi connectivity index (χ0) is 22.6. The van der Waals surface area contributed by atoms with E-state index in [0.717, 1.165) is 17.5 Å². The number of aryl methyl sites for hydroxylation is 2. The number of carbonyl (C=O) groups is 1. The molecule has 31 heavy (non-hydrogen) atoms. The summed E-state index contributed by atoms with van der Waals surface area (Å²) >= 11 is 0. The highest BCUT2D eigenvalue weighted by atomic mass is 32.2. The van der Waals surface area contributed by atoms with Crippen LogP contribution in [0.4, 0.5) is 4.39 Å². The standard InChI is InChI=1S/C24H31FN2O3S/c1-4-23(21-10-9-17(2)15-18(21)3)26-24(28)19-11-13-27(14-12-19)31(29,30)16-20-7-5-6-8-22(20)25/h5-10,15,19,23H,4,11-14,16H2,1-3H3,(H,26,28). The van der Waals surface area contributed by atoms with Gasteiger partial charge in [-0.2, -0.15) is 0 Å². The van der Waals surface area contributed by atoms with Gasteiger partial charge in [0.25, 0.3) is 0 Å². The quantitative estimate of drug-likeness (QED) is 0.691. The molecule has 0 saturated carbocycles. The molecule has 1 N–H and O–H groups in total. The molecule has 168 valence electrons. The summed E-state index contributed by atoms with van der Waals surface area (Å²) in [6, 6.07) is 12.1. The Balaban J connectivity index is 1.59. The molecule has 1 saturated heterocycles. The van der Waals surface area contributed by atoms with Crippen LogP contribution in [0.3, 0.4) is 0 Å². The SMILES string of the molecule is CCC(NC(=O)C1CCN(S(=O)(=O)Cc2ccccc2F)CC1)c1ccc(C)cc1C. The number of sulfonamides is 1. The fraction of sp³-hybridized carbons (Fsp3) is 0.458. The minimum atomic E-state index is -3.63. The Morgan fingerprint density at radius 2 is 1.84 bits per heavy atom. The zero-order valence-electron chi connectivity index (χ0n) is 18.4. The Morgan fingerprint density at radius 1 is 1.16 bits per heavy atom. The van der Waals surface area contributed by atoms with Crippen molar-refractivity contribution < 1.29 is 17.6 Å². The van der Waals surface area contributed by atoms with Gasteiger partial charge in [-0.1, -0.05) is 48.9 Å². The van der Waals surface area contributed by atoms with Gasteiger partial charge in [0.2, 0.25) is 15.9 Å². The van der Waals surface area contributed by atoms with Crippen LogP contribution in [0.25, 0.3) is 0 Å². The van der Waals surface area contributed by atoms with Crippen LogP contribution in [0.2, 0.25) is 0 Å². The molecule has 1 fully saturated rings. The molecule has 1 amide bonds. The van der Waals surface area contributed by atoms with Crippen molar-refractivity contribution >= 4 is 15.9 Å². The first-order chi connectivity index (χ1) is 14.7. The molecule has 1 heterocycles. The molecule has 7 heteroatoms. The van der Waals surface area contributed by atoms with Crippen molar-refractivity contribution in [1.82, 2.24) is 9.62 Å². The number of benzene rings is 2. The summed E-state index contributed by atoms with van der Waals surface area (Å²) in [7, 11) is -3.63.